The van der Waals surface area contributed by atoms with Crippen LogP contribution in [0.4, 0.5) is 4.39 Å². The second kappa shape index (κ2) is 6.05. The number of hydrogen-bond donors (Lipinski definition) is 3. The zero-order valence-electron chi connectivity index (χ0n) is 10.8. The van der Waals surface area contributed by atoms with Gasteiger partial charge in [0.2, 0.25) is 20.0 Å². The summed E-state index contributed by atoms with van der Waals surface area (Å²) in [6.07, 6.45) is 0. The first kappa shape index (κ1) is 17.5. The number of sulfonamides is 2. The van der Waals surface area contributed by atoms with E-state index in [-0.39, 0.29) is 5.56 Å². The molecule has 0 amide bonds. The summed E-state index contributed by atoms with van der Waals surface area (Å²) >= 11 is 0. The molecule has 1 aromatic carbocycles. The van der Waals surface area contributed by atoms with Gasteiger partial charge < -0.3 is 5.11 Å². The molecule has 0 unspecified atom stereocenters. The molecule has 21 heavy (non-hydrogen) atoms. The molecule has 0 aliphatic carbocycles. The molecule has 0 atom stereocenters. The van der Waals surface area contributed by atoms with Crippen LogP contribution in [-0.2, 0) is 20.0 Å². The minimum absolute atomic E-state index is 0.275. The summed E-state index contributed by atoms with van der Waals surface area (Å²) in [6.45, 7) is 0.648. The first-order valence-electron chi connectivity index (χ1n) is 5.47. The number of rotatable bonds is 6. The van der Waals surface area contributed by atoms with E-state index in [1.54, 1.807) is 0 Å². The van der Waals surface area contributed by atoms with Gasteiger partial charge in [0, 0.05) is 12.1 Å². The van der Waals surface area contributed by atoms with E-state index < -0.39 is 54.6 Å². The topological polar surface area (TPSA) is 144 Å². The molecule has 0 aromatic heterocycles. The number of nitrogens with two attached hydrogens (primary N) is 1. The highest BCUT2D eigenvalue weighted by atomic mass is 32.2. The second-order valence-corrected chi connectivity index (χ2v) is 7.62. The third-order valence-corrected chi connectivity index (χ3v) is 4.87. The molecule has 8 nitrogen and oxygen atoms in total. The SMILES string of the molecule is Cc1c(F)cc(C(=O)O)cc1S(=O)(=O)NCCS(N)(=O)=O. The van der Waals surface area contributed by atoms with E-state index in [0.717, 1.165) is 13.0 Å². The van der Waals surface area contributed by atoms with Crippen LogP contribution in [-0.4, -0.2) is 40.2 Å². The van der Waals surface area contributed by atoms with Crippen LogP contribution < -0.4 is 9.86 Å². The smallest absolute Gasteiger partial charge is 0.335 e. The van der Waals surface area contributed by atoms with Gasteiger partial charge in [0.1, 0.15) is 5.82 Å². The molecule has 0 radical (unpaired) electrons. The quantitative estimate of drug-likeness (QED) is 0.631. The number of benzene rings is 1. The van der Waals surface area contributed by atoms with Crippen LogP contribution in [0, 0.1) is 12.7 Å². The molecule has 1 aromatic rings. The molecule has 1 rings (SSSR count). The molecule has 0 aliphatic rings. The summed E-state index contributed by atoms with van der Waals surface area (Å²) < 4.78 is 60.9. The third-order valence-electron chi connectivity index (χ3n) is 2.51. The van der Waals surface area contributed by atoms with E-state index in [1.165, 1.54) is 0 Å². The lowest BCUT2D eigenvalue weighted by molar-refractivity contribution is 0.0696. The molecule has 0 aliphatic heterocycles. The van der Waals surface area contributed by atoms with Crippen LogP contribution >= 0.6 is 0 Å². The molecule has 0 fully saturated rings. The Morgan fingerprint density at radius 1 is 1.33 bits per heavy atom. The first-order valence-corrected chi connectivity index (χ1v) is 8.67. The standard InChI is InChI=1S/C10H13FN2O6S2/c1-6-8(11)4-7(10(14)15)5-9(6)21(18,19)13-2-3-20(12,16)17/h4-5,13H,2-3H2,1H3,(H,14,15)(H2,12,16,17). The van der Waals surface area contributed by atoms with E-state index >= 15 is 0 Å². The minimum atomic E-state index is -4.27. The fourth-order valence-corrected chi connectivity index (χ4v) is 3.28. The Hall–Kier alpha value is -1.56. The van der Waals surface area contributed by atoms with Gasteiger partial charge in [-0.25, -0.2) is 35.9 Å². The van der Waals surface area contributed by atoms with Crippen molar-refractivity contribution in [1.29, 1.82) is 0 Å². The average Bonchev–Trinajstić information content (AvgIpc) is 2.29. The van der Waals surface area contributed by atoms with Gasteiger partial charge in [-0.1, -0.05) is 0 Å². The lowest BCUT2D eigenvalue weighted by Gasteiger charge is -2.10. The van der Waals surface area contributed by atoms with Crippen LogP contribution in [0.3, 0.4) is 0 Å². The highest BCUT2D eigenvalue weighted by Gasteiger charge is 2.22. The van der Waals surface area contributed by atoms with E-state index in [0.29, 0.717) is 6.07 Å². The zero-order valence-corrected chi connectivity index (χ0v) is 12.5. The van der Waals surface area contributed by atoms with Gasteiger partial charge in [0.15, 0.2) is 0 Å². The highest BCUT2D eigenvalue weighted by Crippen LogP contribution is 2.20. The van der Waals surface area contributed by atoms with Gasteiger partial charge in [0.05, 0.1) is 16.2 Å². The summed E-state index contributed by atoms with van der Waals surface area (Å²) in [6, 6.07) is 1.49. The maximum Gasteiger partial charge on any atom is 0.335 e. The molecule has 0 saturated heterocycles. The van der Waals surface area contributed by atoms with Gasteiger partial charge in [-0.05, 0) is 19.1 Å². The Kier molecular flexibility index (Phi) is 5.04. The molecule has 118 valence electrons. The number of aromatic carboxylic acids is 1. The Labute approximate surface area is 120 Å². The normalized spacial score (nSPS) is 12.3. The zero-order chi connectivity index (χ0) is 16.4. The van der Waals surface area contributed by atoms with Crippen LogP contribution in [0.1, 0.15) is 15.9 Å². The van der Waals surface area contributed by atoms with E-state index in [4.69, 9.17) is 10.2 Å². The second-order valence-electron chi connectivity index (χ2n) is 4.15. The summed E-state index contributed by atoms with van der Waals surface area (Å²) in [5.74, 6) is -3.14. The maximum absolute atomic E-state index is 13.6. The fraction of sp³-hybridized carbons (Fsp3) is 0.300. The lowest BCUT2D eigenvalue weighted by Crippen LogP contribution is -2.32. The van der Waals surface area contributed by atoms with Crippen LogP contribution in [0.25, 0.3) is 0 Å². The monoisotopic (exact) mass is 340 g/mol. The lowest BCUT2D eigenvalue weighted by atomic mass is 10.1. The van der Waals surface area contributed by atoms with Crippen molar-refractivity contribution >= 4 is 26.0 Å². The molecule has 0 spiro atoms. The number of nitrogens with one attached hydrogen (secondary N) is 1. The molecule has 4 N–H and O–H groups in total. The van der Waals surface area contributed by atoms with Crippen LogP contribution in [0.2, 0.25) is 0 Å². The summed E-state index contributed by atoms with van der Waals surface area (Å²) in [5.41, 5.74) is -0.812. The van der Waals surface area contributed by atoms with Gasteiger partial charge in [-0.2, -0.15) is 0 Å². The predicted molar refractivity (Wildman–Crippen MR) is 71.3 cm³/mol. The fourth-order valence-electron chi connectivity index (χ4n) is 1.45. The number of halogens is 1. The van der Waals surface area contributed by atoms with Crippen molar-refractivity contribution in [3.05, 3.63) is 29.1 Å². The summed E-state index contributed by atoms with van der Waals surface area (Å²) in [5, 5.41) is 13.5. The van der Waals surface area contributed by atoms with Crippen molar-refractivity contribution in [3.8, 4) is 0 Å². The van der Waals surface area contributed by atoms with Crippen LogP contribution in [0.5, 0.6) is 0 Å². The average molecular weight is 340 g/mol. The molecular formula is C10H13FN2O6S2. The van der Waals surface area contributed by atoms with Crippen molar-refractivity contribution in [2.24, 2.45) is 5.14 Å². The Bertz CT molecular complexity index is 773. The number of carbonyl (C=O) groups is 1. The Morgan fingerprint density at radius 3 is 2.38 bits per heavy atom. The van der Waals surface area contributed by atoms with E-state index in [9.17, 15) is 26.0 Å². The Morgan fingerprint density at radius 2 is 1.90 bits per heavy atom. The maximum atomic E-state index is 13.6. The molecule has 0 heterocycles. The van der Waals surface area contributed by atoms with Crippen LogP contribution in [0.15, 0.2) is 17.0 Å². The number of carboxylic acid groups (broad SMARTS) is 1. The van der Waals surface area contributed by atoms with Crippen molar-refractivity contribution in [2.45, 2.75) is 11.8 Å². The van der Waals surface area contributed by atoms with Crippen molar-refractivity contribution < 1.29 is 31.1 Å². The molecule has 0 bridgehead atoms. The van der Waals surface area contributed by atoms with Gasteiger partial charge in [-0.3, -0.25) is 0 Å². The largest absolute Gasteiger partial charge is 0.478 e. The number of carboxylic acids is 1. The van der Waals surface area contributed by atoms with Crippen molar-refractivity contribution in [2.75, 3.05) is 12.3 Å². The van der Waals surface area contributed by atoms with Gasteiger partial charge in [0.25, 0.3) is 0 Å². The highest BCUT2D eigenvalue weighted by molar-refractivity contribution is 7.90. The minimum Gasteiger partial charge on any atom is -0.478 e. The summed E-state index contributed by atoms with van der Waals surface area (Å²) in [7, 11) is -8.13. The third kappa shape index (κ3) is 4.74. The van der Waals surface area contributed by atoms with Crippen molar-refractivity contribution in [1.82, 2.24) is 4.72 Å². The number of hydrogen-bond acceptors (Lipinski definition) is 5. The molecular weight excluding hydrogens is 327 g/mol. The molecule has 11 heteroatoms. The Balaban J connectivity index is 3.16. The van der Waals surface area contributed by atoms with Crippen molar-refractivity contribution in [3.63, 3.8) is 0 Å². The van der Waals surface area contributed by atoms with E-state index in [2.05, 4.69) is 0 Å². The van der Waals surface area contributed by atoms with Gasteiger partial charge in [-0.15, -0.1) is 0 Å². The molecule has 0 saturated carbocycles. The summed E-state index contributed by atoms with van der Waals surface area (Å²) in [4.78, 5) is 10.2. The first-order chi connectivity index (χ1) is 9.44. The van der Waals surface area contributed by atoms with E-state index in [1.807, 2.05) is 4.72 Å². The predicted octanol–water partition coefficient (Wildman–Crippen LogP) is -0.601. The van der Waals surface area contributed by atoms with Gasteiger partial charge >= 0.3 is 5.97 Å². The number of primary sulfonamides is 1.